The van der Waals surface area contributed by atoms with E-state index in [-0.39, 0.29) is 29.6 Å². The average molecular weight is 332 g/mol. The summed E-state index contributed by atoms with van der Waals surface area (Å²) in [5, 5.41) is 0. The lowest BCUT2D eigenvalue weighted by Gasteiger charge is -2.32. The van der Waals surface area contributed by atoms with Gasteiger partial charge in [0.2, 0.25) is 5.91 Å². The van der Waals surface area contributed by atoms with E-state index in [2.05, 4.69) is 0 Å². The topological polar surface area (TPSA) is 32.8 Å². The van der Waals surface area contributed by atoms with Crippen molar-refractivity contribution in [1.29, 1.82) is 0 Å². The number of hydrogen-bond acceptors (Lipinski definition) is 3. The van der Waals surface area contributed by atoms with E-state index in [0.717, 1.165) is 18.5 Å². The van der Waals surface area contributed by atoms with Crippen LogP contribution < -0.4 is 0 Å². The third kappa shape index (κ3) is 3.68. The molecule has 2 aliphatic rings. The lowest BCUT2D eigenvalue weighted by Crippen LogP contribution is -2.41. The molecule has 0 saturated carbocycles. The van der Waals surface area contributed by atoms with Crippen molar-refractivity contribution in [3.05, 3.63) is 47.8 Å². The largest absolute Gasteiger partial charge is 0.381 e. The zero-order valence-corrected chi connectivity index (χ0v) is 14.3. The molecule has 0 radical (unpaired) electrons. The van der Waals surface area contributed by atoms with Crippen LogP contribution in [0, 0.1) is 11.7 Å². The monoisotopic (exact) mass is 332 g/mol. The number of carbonyl (C=O) groups excluding carboxylic acids is 1. The number of amides is 1. The Bertz CT molecular complexity index is 600. The second kappa shape index (κ2) is 7.45. The van der Waals surface area contributed by atoms with E-state index < -0.39 is 0 Å². The molecule has 0 spiro atoms. The van der Waals surface area contributed by atoms with Crippen molar-refractivity contribution in [1.82, 2.24) is 9.80 Å². The minimum atomic E-state index is -0.229. The summed E-state index contributed by atoms with van der Waals surface area (Å²) in [6.07, 6.45) is 4.46. The molecule has 0 bridgehead atoms. The number of hydrogen-bond donors (Lipinski definition) is 0. The van der Waals surface area contributed by atoms with Gasteiger partial charge in [0.15, 0.2) is 0 Å². The minimum Gasteiger partial charge on any atom is -0.381 e. The highest BCUT2D eigenvalue weighted by Crippen LogP contribution is 2.41. The van der Waals surface area contributed by atoms with Crippen LogP contribution in [0.4, 0.5) is 4.39 Å². The zero-order valence-electron chi connectivity index (χ0n) is 14.3. The maximum atomic E-state index is 13.2. The van der Waals surface area contributed by atoms with Crippen LogP contribution in [0.5, 0.6) is 0 Å². The van der Waals surface area contributed by atoms with Crippen molar-refractivity contribution in [3.8, 4) is 0 Å². The third-order valence-corrected chi connectivity index (χ3v) is 4.99. The SMILES string of the molecule is CN(C)C/C=C/C(=O)N1C[C@H](c2ccc(F)cc2)[C@H]2COCC[C@H]21. The van der Waals surface area contributed by atoms with E-state index in [1.165, 1.54) is 12.1 Å². The van der Waals surface area contributed by atoms with Crippen molar-refractivity contribution in [2.75, 3.05) is 40.4 Å². The van der Waals surface area contributed by atoms with Crippen molar-refractivity contribution < 1.29 is 13.9 Å². The standard InChI is InChI=1S/C19H25FN2O2/c1-21(2)10-3-4-19(23)22-12-16(14-5-7-15(20)8-6-14)17-13-24-11-9-18(17)22/h3-8,16-18H,9-13H2,1-2H3/b4-3+/t16-,17-,18-/m1/s1. The Balaban J connectivity index is 1.77. The Kier molecular flexibility index (Phi) is 5.31. The van der Waals surface area contributed by atoms with Crippen LogP contribution >= 0.6 is 0 Å². The van der Waals surface area contributed by atoms with E-state index in [1.54, 1.807) is 6.08 Å². The van der Waals surface area contributed by atoms with E-state index in [9.17, 15) is 9.18 Å². The van der Waals surface area contributed by atoms with Gasteiger partial charge in [0.05, 0.1) is 6.61 Å². The summed E-state index contributed by atoms with van der Waals surface area (Å²) < 4.78 is 18.9. The fraction of sp³-hybridized carbons (Fsp3) is 0.526. The Hall–Kier alpha value is -1.72. The summed E-state index contributed by atoms with van der Waals surface area (Å²) >= 11 is 0. The Morgan fingerprint density at radius 3 is 2.83 bits per heavy atom. The number of ether oxygens (including phenoxy) is 1. The Labute approximate surface area is 142 Å². The van der Waals surface area contributed by atoms with Gasteiger partial charge >= 0.3 is 0 Å². The summed E-state index contributed by atoms with van der Waals surface area (Å²) in [6, 6.07) is 6.87. The summed E-state index contributed by atoms with van der Waals surface area (Å²) in [5.74, 6) is 0.337. The first-order valence-electron chi connectivity index (χ1n) is 8.51. The second-order valence-corrected chi connectivity index (χ2v) is 6.91. The maximum absolute atomic E-state index is 13.2. The predicted octanol–water partition coefficient (Wildman–Crippen LogP) is 2.27. The molecule has 0 N–H and O–H groups in total. The molecule has 1 aromatic rings. The van der Waals surface area contributed by atoms with Gasteiger partial charge < -0.3 is 14.5 Å². The molecule has 5 heteroatoms. The van der Waals surface area contributed by atoms with E-state index >= 15 is 0 Å². The van der Waals surface area contributed by atoms with Gasteiger partial charge in [-0.25, -0.2) is 4.39 Å². The van der Waals surface area contributed by atoms with Crippen LogP contribution in [-0.2, 0) is 9.53 Å². The van der Waals surface area contributed by atoms with Crippen molar-refractivity contribution >= 4 is 5.91 Å². The molecule has 3 rings (SSSR count). The van der Waals surface area contributed by atoms with Crippen LogP contribution in [0.15, 0.2) is 36.4 Å². The molecule has 2 saturated heterocycles. The minimum absolute atomic E-state index is 0.0679. The normalized spacial score (nSPS) is 27.0. The predicted molar refractivity (Wildman–Crippen MR) is 91.3 cm³/mol. The second-order valence-electron chi connectivity index (χ2n) is 6.91. The molecule has 1 amide bonds. The van der Waals surface area contributed by atoms with Crippen LogP contribution in [0.3, 0.4) is 0 Å². The molecule has 0 aromatic heterocycles. The van der Waals surface area contributed by atoms with Crippen LogP contribution in [-0.4, -0.2) is 62.1 Å². The first-order valence-corrected chi connectivity index (χ1v) is 8.51. The van der Waals surface area contributed by atoms with Gasteiger partial charge in [0, 0.05) is 43.7 Å². The quantitative estimate of drug-likeness (QED) is 0.793. The first kappa shape index (κ1) is 17.1. The molecule has 24 heavy (non-hydrogen) atoms. The lowest BCUT2D eigenvalue weighted by molar-refractivity contribution is -0.128. The highest BCUT2D eigenvalue weighted by molar-refractivity contribution is 5.88. The molecule has 1 aromatic carbocycles. The van der Waals surface area contributed by atoms with Gasteiger partial charge in [-0.3, -0.25) is 4.79 Å². The summed E-state index contributed by atoms with van der Waals surface area (Å²) in [7, 11) is 3.95. The molecule has 2 aliphatic heterocycles. The number of carbonyl (C=O) groups is 1. The molecule has 2 fully saturated rings. The average Bonchev–Trinajstić information content (AvgIpc) is 2.95. The van der Waals surface area contributed by atoms with Crippen LogP contribution in [0.2, 0.25) is 0 Å². The van der Waals surface area contributed by atoms with Gasteiger partial charge in [-0.2, -0.15) is 0 Å². The number of likely N-dealkylation sites (tertiary alicyclic amines) is 1. The number of likely N-dealkylation sites (N-methyl/N-ethyl adjacent to an activating group) is 1. The van der Waals surface area contributed by atoms with E-state index in [0.29, 0.717) is 19.8 Å². The molecular weight excluding hydrogens is 307 g/mol. The molecule has 0 aliphatic carbocycles. The molecule has 4 nitrogen and oxygen atoms in total. The maximum Gasteiger partial charge on any atom is 0.246 e. The van der Waals surface area contributed by atoms with Gasteiger partial charge in [-0.05, 0) is 38.2 Å². The van der Waals surface area contributed by atoms with Gasteiger partial charge in [0.25, 0.3) is 0 Å². The van der Waals surface area contributed by atoms with Crippen LogP contribution in [0.25, 0.3) is 0 Å². The Morgan fingerprint density at radius 2 is 2.12 bits per heavy atom. The van der Waals surface area contributed by atoms with Crippen LogP contribution in [0.1, 0.15) is 17.9 Å². The smallest absolute Gasteiger partial charge is 0.246 e. The summed E-state index contributed by atoms with van der Waals surface area (Å²) in [4.78, 5) is 16.6. The highest BCUT2D eigenvalue weighted by Gasteiger charge is 2.45. The molecule has 3 atom stereocenters. The lowest BCUT2D eigenvalue weighted by atomic mass is 9.84. The van der Waals surface area contributed by atoms with Crippen molar-refractivity contribution in [2.24, 2.45) is 5.92 Å². The van der Waals surface area contributed by atoms with Gasteiger partial charge in [-0.1, -0.05) is 18.2 Å². The number of halogens is 1. The van der Waals surface area contributed by atoms with Gasteiger partial charge in [0.1, 0.15) is 5.82 Å². The van der Waals surface area contributed by atoms with E-state index in [1.807, 2.05) is 42.1 Å². The fourth-order valence-electron chi connectivity index (χ4n) is 3.78. The van der Waals surface area contributed by atoms with Crippen molar-refractivity contribution in [3.63, 3.8) is 0 Å². The third-order valence-electron chi connectivity index (χ3n) is 4.99. The number of rotatable bonds is 4. The Morgan fingerprint density at radius 1 is 1.38 bits per heavy atom. The molecule has 130 valence electrons. The summed E-state index contributed by atoms with van der Waals surface area (Å²) in [5.41, 5.74) is 1.09. The van der Waals surface area contributed by atoms with Gasteiger partial charge in [-0.15, -0.1) is 0 Å². The first-order chi connectivity index (χ1) is 11.6. The van der Waals surface area contributed by atoms with Crippen molar-refractivity contribution in [2.45, 2.75) is 18.4 Å². The zero-order chi connectivity index (χ0) is 17.1. The molecule has 2 heterocycles. The number of benzene rings is 1. The molecular formula is C19H25FN2O2. The summed E-state index contributed by atoms with van der Waals surface area (Å²) in [6.45, 7) is 2.79. The van der Waals surface area contributed by atoms with E-state index in [4.69, 9.17) is 4.74 Å². The number of nitrogens with zero attached hydrogens (tertiary/aromatic N) is 2. The number of fused-ring (bicyclic) bond motifs is 1. The molecule has 0 unspecified atom stereocenters. The highest BCUT2D eigenvalue weighted by atomic mass is 19.1. The fourth-order valence-corrected chi connectivity index (χ4v) is 3.78.